The van der Waals surface area contributed by atoms with Gasteiger partial charge in [-0.1, -0.05) is 0 Å². The van der Waals surface area contributed by atoms with Crippen LogP contribution in [0, 0.1) is 0 Å². The Labute approximate surface area is 67.8 Å². The van der Waals surface area contributed by atoms with Gasteiger partial charge >= 0.3 is 0 Å². The molecule has 3 heteroatoms. The van der Waals surface area contributed by atoms with Gasteiger partial charge in [-0.05, 0) is 26.5 Å². The van der Waals surface area contributed by atoms with Crippen molar-refractivity contribution in [3.05, 3.63) is 11.3 Å². The van der Waals surface area contributed by atoms with Gasteiger partial charge in [0.25, 0.3) is 0 Å². The minimum atomic E-state index is 0.989. The molecule has 62 valence electrons. The minimum Gasteiger partial charge on any atom is -0.297 e. The van der Waals surface area contributed by atoms with Crippen molar-refractivity contribution in [1.29, 1.82) is 0 Å². The maximum absolute atomic E-state index is 3.98. The van der Waals surface area contributed by atoms with Crippen molar-refractivity contribution >= 4 is 6.21 Å². The van der Waals surface area contributed by atoms with Gasteiger partial charge in [0.05, 0.1) is 0 Å². The summed E-state index contributed by atoms with van der Waals surface area (Å²) >= 11 is 0. The predicted octanol–water partition coefficient (Wildman–Crippen LogP) is 0.801. The topological polar surface area (TPSA) is 27.6 Å². The molecule has 0 aliphatic carbocycles. The first-order chi connectivity index (χ1) is 5.24. The molecule has 0 bridgehead atoms. The van der Waals surface area contributed by atoms with Crippen molar-refractivity contribution < 1.29 is 0 Å². The lowest BCUT2D eigenvalue weighted by Gasteiger charge is -2.05. The minimum absolute atomic E-state index is 0.989. The Hall–Kier alpha value is -0.830. The molecule has 1 heterocycles. The fourth-order valence-electron chi connectivity index (χ4n) is 1.23. The Morgan fingerprint density at radius 3 is 2.73 bits per heavy atom. The summed E-state index contributed by atoms with van der Waals surface area (Å²) in [7, 11) is 2.10. The van der Waals surface area contributed by atoms with E-state index in [0.29, 0.717) is 0 Å². The van der Waals surface area contributed by atoms with Crippen LogP contribution in [0.1, 0.15) is 13.8 Å². The van der Waals surface area contributed by atoms with Crippen molar-refractivity contribution in [1.82, 2.24) is 10.3 Å². The highest BCUT2D eigenvalue weighted by Gasteiger charge is 2.14. The fraction of sp³-hybridized carbons (Fsp3) is 0.625. The predicted molar refractivity (Wildman–Crippen MR) is 47.5 cm³/mol. The van der Waals surface area contributed by atoms with Gasteiger partial charge in [-0.3, -0.25) is 10.3 Å². The summed E-state index contributed by atoms with van der Waals surface area (Å²) in [5.74, 6) is 0. The normalized spacial score (nSPS) is 20.3. The molecule has 0 fully saturated rings. The summed E-state index contributed by atoms with van der Waals surface area (Å²) in [5.41, 5.74) is 5.65. The third-order valence-electron chi connectivity index (χ3n) is 1.78. The number of hydrazone groups is 1. The number of hydrogen-bond donors (Lipinski definition) is 1. The smallest absolute Gasteiger partial charge is 0.0478 e. The van der Waals surface area contributed by atoms with Crippen LogP contribution in [0.2, 0.25) is 0 Å². The molecule has 1 aliphatic rings. The number of nitrogens with one attached hydrogen (secondary N) is 1. The first-order valence-corrected chi connectivity index (χ1v) is 3.85. The van der Waals surface area contributed by atoms with E-state index in [9.17, 15) is 0 Å². The monoisotopic (exact) mass is 153 g/mol. The molecule has 0 aromatic heterocycles. The zero-order valence-corrected chi connectivity index (χ0v) is 7.39. The van der Waals surface area contributed by atoms with Crippen LogP contribution in [0.5, 0.6) is 0 Å². The summed E-state index contributed by atoms with van der Waals surface area (Å²) in [6, 6.07) is 0. The molecule has 0 radical (unpaired) electrons. The number of likely N-dealkylation sites (N-methyl/N-ethyl adjacent to an activating group) is 1. The van der Waals surface area contributed by atoms with E-state index in [0.717, 1.165) is 13.1 Å². The lowest BCUT2D eigenvalue weighted by Crippen LogP contribution is -2.17. The fourth-order valence-corrected chi connectivity index (χ4v) is 1.23. The molecule has 0 spiro atoms. The van der Waals surface area contributed by atoms with Crippen LogP contribution in [0.4, 0.5) is 0 Å². The van der Waals surface area contributed by atoms with Crippen LogP contribution in [-0.2, 0) is 0 Å². The van der Waals surface area contributed by atoms with Gasteiger partial charge in [-0.2, -0.15) is 5.10 Å². The van der Waals surface area contributed by atoms with Gasteiger partial charge in [0, 0.05) is 25.0 Å². The average molecular weight is 153 g/mol. The molecule has 0 unspecified atom stereocenters. The molecule has 0 saturated heterocycles. The largest absolute Gasteiger partial charge is 0.297 e. The third kappa shape index (κ3) is 2.05. The molecule has 0 amide bonds. The van der Waals surface area contributed by atoms with Crippen LogP contribution in [0.3, 0.4) is 0 Å². The second kappa shape index (κ2) is 3.53. The highest BCUT2D eigenvalue weighted by atomic mass is 15.3. The molecule has 3 nitrogen and oxygen atoms in total. The quantitative estimate of drug-likeness (QED) is 0.469. The van der Waals surface area contributed by atoms with Crippen molar-refractivity contribution in [3.63, 3.8) is 0 Å². The lowest BCUT2D eigenvalue weighted by atomic mass is 10.3. The highest BCUT2D eigenvalue weighted by molar-refractivity contribution is 5.52. The van der Waals surface area contributed by atoms with E-state index in [-0.39, 0.29) is 0 Å². The molecule has 0 atom stereocenters. The van der Waals surface area contributed by atoms with Crippen molar-refractivity contribution in [3.8, 4) is 0 Å². The number of nitrogens with zero attached hydrogens (tertiary/aromatic N) is 2. The van der Waals surface area contributed by atoms with E-state index < -0.39 is 0 Å². The van der Waals surface area contributed by atoms with Crippen molar-refractivity contribution in [2.45, 2.75) is 13.8 Å². The standard InChI is InChI=1S/C8H15N3/c1-4-9-10-8-6-11(3)5-7(8)2/h4,10H,5-6H2,1-3H3/b9-4-. The molecule has 11 heavy (non-hydrogen) atoms. The van der Waals surface area contributed by atoms with Crippen molar-refractivity contribution in [2.75, 3.05) is 20.1 Å². The first kappa shape index (κ1) is 8.27. The van der Waals surface area contributed by atoms with E-state index in [4.69, 9.17) is 0 Å². The third-order valence-corrected chi connectivity index (χ3v) is 1.78. The zero-order valence-electron chi connectivity index (χ0n) is 7.39. The summed E-state index contributed by atoms with van der Waals surface area (Å²) in [6.07, 6.45) is 1.76. The van der Waals surface area contributed by atoms with E-state index in [2.05, 4.69) is 29.4 Å². The number of hydrogen-bond acceptors (Lipinski definition) is 3. The van der Waals surface area contributed by atoms with E-state index in [1.165, 1.54) is 11.3 Å². The van der Waals surface area contributed by atoms with Crippen LogP contribution in [0.15, 0.2) is 16.4 Å². The lowest BCUT2D eigenvalue weighted by molar-refractivity contribution is 0.419. The Bertz CT molecular complexity index is 194. The first-order valence-electron chi connectivity index (χ1n) is 3.85. The number of rotatable bonds is 2. The Kier molecular flexibility index (Phi) is 2.65. The summed E-state index contributed by atoms with van der Waals surface area (Å²) in [4.78, 5) is 2.25. The van der Waals surface area contributed by atoms with Crippen molar-refractivity contribution in [2.24, 2.45) is 5.10 Å². The highest BCUT2D eigenvalue weighted by Crippen LogP contribution is 2.11. The second-order valence-electron chi connectivity index (χ2n) is 2.93. The zero-order chi connectivity index (χ0) is 8.27. The summed E-state index contributed by atoms with van der Waals surface area (Å²) in [5, 5.41) is 3.98. The van der Waals surface area contributed by atoms with Crippen LogP contribution in [0.25, 0.3) is 0 Å². The van der Waals surface area contributed by atoms with Gasteiger partial charge in [0.1, 0.15) is 0 Å². The second-order valence-corrected chi connectivity index (χ2v) is 2.93. The maximum Gasteiger partial charge on any atom is 0.0478 e. The van der Waals surface area contributed by atoms with Gasteiger partial charge in [0.15, 0.2) is 0 Å². The van der Waals surface area contributed by atoms with E-state index in [1.54, 1.807) is 6.21 Å². The Balaban J connectivity index is 2.50. The Morgan fingerprint density at radius 2 is 2.27 bits per heavy atom. The van der Waals surface area contributed by atoms with E-state index in [1.807, 2.05) is 6.92 Å². The molecular weight excluding hydrogens is 138 g/mol. The molecule has 0 saturated carbocycles. The molecule has 1 aliphatic heterocycles. The SMILES string of the molecule is C/C=N\NC1=C(C)CN(C)C1. The molecule has 1 N–H and O–H groups in total. The molecular formula is C8H15N3. The average Bonchev–Trinajstić information content (AvgIpc) is 2.26. The van der Waals surface area contributed by atoms with Gasteiger partial charge in [-0.15, -0.1) is 0 Å². The van der Waals surface area contributed by atoms with Gasteiger partial charge in [0.2, 0.25) is 0 Å². The van der Waals surface area contributed by atoms with Gasteiger partial charge in [-0.25, -0.2) is 0 Å². The van der Waals surface area contributed by atoms with Gasteiger partial charge < -0.3 is 0 Å². The van der Waals surface area contributed by atoms with Crippen LogP contribution >= 0.6 is 0 Å². The van der Waals surface area contributed by atoms with Crippen LogP contribution < -0.4 is 5.43 Å². The van der Waals surface area contributed by atoms with Crippen LogP contribution in [-0.4, -0.2) is 31.3 Å². The summed E-state index contributed by atoms with van der Waals surface area (Å²) in [6.45, 7) is 6.09. The maximum atomic E-state index is 3.98. The molecule has 0 aromatic carbocycles. The molecule has 0 aromatic rings. The molecule has 1 rings (SSSR count). The van der Waals surface area contributed by atoms with E-state index >= 15 is 0 Å². The Morgan fingerprint density at radius 1 is 1.55 bits per heavy atom. The summed E-state index contributed by atoms with van der Waals surface area (Å²) < 4.78 is 0.